The van der Waals surface area contributed by atoms with Gasteiger partial charge in [0.05, 0.1) is 5.69 Å². The van der Waals surface area contributed by atoms with Gasteiger partial charge in [-0.15, -0.1) is 0 Å². The van der Waals surface area contributed by atoms with Gasteiger partial charge in [-0.3, -0.25) is 5.73 Å². The molecule has 0 aromatic heterocycles. The molecule has 2 heteroatoms. The maximum Gasteiger partial charge on any atom is 0.125 e. The molecule has 0 aliphatic carbocycles. The van der Waals surface area contributed by atoms with Crippen molar-refractivity contribution < 1.29 is 0 Å². The zero-order valence-electron chi connectivity index (χ0n) is 5.46. The molecule has 0 amide bonds. The number of fused-ring (bicyclic) bond motifs is 1. The Labute approximate surface area is 59.4 Å². The first-order chi connectivity index (χ1) is 4.86. The number of hydrogen-bond donors (Lipinski definition) is 0. The third-order valence-electron chi connectivity index (χ3n) is 1.60. The normalized spacial score (nSPS) is 14.6. The molecule has 1 aromatic carbocycles. The summed E-state index contributed by atoms with van der Waals surface area (Å²) < 4.78 is 0. The van der Waals surface area contributed by atoms with Gasteiger partial charge in [-0.25, -0.2) is 4.99 Å². The average molecular weight is 131 g/mol. The minimum absolute atomic E-state index is 0.473. The maximum atomic E-state index is 7.27. The molecule has 0 saturated carbocycles. The van der Waals surface area contributed by atoms with Gasteiger partial charge in [-0.05, 0) is 11.6 Å². The van der Waals surface area contributed by atoms with Gasteiger partial charge < -0.3 is 0 Å². The van der Waals surface area contributed by atoms with Crippen LogP contribution in [-0.4, -0.2) is 5.84 Å². The largest absolute Gasteiger partial charge is 0.286 e. The number of rotatable bonds is 0. The lowest BCUT2D eigenvalue weighted by Crippen LogP contribution is -1.95. The number of nitrogens with zero attached hydrogens (tertiary/aromatic N) is 1. The van der Waals surface area contributed by atoms with Crippen LogP contribution in [0.15, 0.2) is 29.3 Å². The second kappa shape index (κ2) is 1.84. The molecular formula is C8H7N2. The molecule has 1 aliphatic heterocycles. The highest BCUT2D eigenvalue weighted by Gasteiger charge is 2.09. The van der Waals surface area contributed by atoms with Crippen LogP contribution >= 0.6 is 0 Å². The van der Waals surface area contributed by atoms with E-state index >= 15 is 0 Å². The molecule has 1 N–H and O–H groups in total. The molecule has 1 heterocycles. The van der Waals surface area contributed by atoms with E-state index in [1.165, 1.54) is 5.56 Å². The Morgan fingerprint density at radius 1 is 1.30 bits per heavy atom. The SMILES string of the molecule is [NH]C1=Nc2ccccc2C1. The molecule has 10 heavy (non-hydrogen) atoms. The van der Waals surface area contributed by atoms with Crippen LogP contribution in [0.5, 0.6) is 0 Å². The topological polar surface area (TPSA) is 36.2 Å². The molecule has 1 radical (unpaired) electrons. The predicted octanol–water partition coefficient (Wildman–Crippen LogP) is 1.56. The molecule has 0 fully saturated rings. The summed E-state index contributed by atoms with van der Waals surface area (Å²) in [6, 6.07) is 7.88. The third-order valence-corrected chi connectivity index (χ3v) is 1.60. The van der Waals surface area contributed by atoms with E-state index in [9.17, 15) is 0 Å². The first-order valence-electron chi connectivity index (χ1n) is 3.23. The van der Waals surface area contributed by atoms with Crippen LogP contribution in [-0.2, 0) is 6.42 Å². The highest BCUT2D eigenvalue weighted by atomic mass is 14.9. The van der Waals surface area contributed by atoms with Crippen molar-refractivity contribution in [3.8, 4) is 0 Å². The lowest BCUT2D eigenvalue weighted by molar-refractivity contribution is 1.35. The molecule has 0 spiro atoms. The van der Waals surface area contributed by atoms with E-state index in [1.807, 2.05) is 24.3 Å². The molecule has 2 rings (SSSR count). The van der Waals surface area contributed by atoms with Crippen LogP contribution in [0.3, 0.4) is 0 Å². The first kappa shape index (κ1) is 5.47. The van der Waals surface area contributed by atoms with Crippen LogP contribution in [0.25, 0.3) is 0 Å². The van der Waals surface area contributed by atoms with Crippen molar-refractivity contribution in [2.75, 3.05) is 0 Å². The number of aliphatic imine (C=N–C) groups is 1. The molecule has 1 aromatic rings. The van der Waals surface area contributed by atoms with Crippen LogP contribution in [0.4, 0.5) is 5.69 Å². The summed E-state index contributed by atoms with van der Waals surface area (Å²) in [5.41, 5.74) is 9.41. The lowest BCUT2D eigenvalue weighted by atomic mass is 10.1. The Bertz CT molecular complexity index is 289. The van der Waals surface area contributed by atoms with Crippen molar-refractivity contribution in [1.82, 2.24) is 5.73 Å². The fourth-order valence-electron chi connectivity index (χ4n) is 1.13. The van der Waals surface area contributed by atoms with Gasteiger partial charge in [-0.1, -0.05) is 18.2 Å². The Hall–Kier alpha value is -1.31. The van der Waals surface area contributed by atoms with E-state index in [1.54, 1.807) is 0 Å². The van der Waals surface area contributed by atoms with Crippen LogP contribution < -0.4 is 5.73 Å². The van der Waals surface area contributed by atoms with Crippen molar-refractivity contribution in [2.24, 2.45) is 4.99 Å². The highest BCUT2D eigenvalue weighted by Crippen LogP contribution is 2.24. The maximum absolute atomic E-state index is 7.27. The number of para-hydroxylation sites is 1. The summed E-state index contributed by atoms with van der Waals surface area (Å²) in [6.45, 7) is 0. The summed E-state index contributed by atoms with van der Waals surface area (Å²) in [5.74, 6) is 0.473. The number of nitrogens with one attached hydrogen (secondary N) is 1. The van der Waals surface area contributed by atoms with Crippen molar-refractivity contribution in [3.05, 3.63) is 29.8 Å². The summed E-state index contributed by atoms with van der Waals surface area (Å²) in [5, 5.41) is 0. The molecule has 0 atom stereocenters. The second-order valence-corrected chi connectivity index (χ2v) is 2.36. The van der Waals surface area contributed by atoms with Gasteiger partial charge >= 0.3 is 0 Å². The van der Waals surface area contributed by atoms with Crippen molar-refractivity contribution in [3.63, 3.8) is 0 Å². The molecule has 1 aliphatic rings. The molecular weight excluding hydrogens is 124 g/mol. The summed E-state index contributed by atoms with van der Waals surface area (Å²) >= 11 is 0. The van der Waals surface area contributed by atoms with Gasteiger partial charge in [-0.2, -0.15) is 0 Å². The van der Waals surface area contributed by atoms with E-state index in [0.29, 0.717) is 12.3 Å². The quantitative estimate of drug-likeness (QED) is 0.512. The summed E-state index contributed by atoms with van der Waals surface area (Å²) in [4.78, 5) is 4.04. The Morgan fingerprint density at radius 3 is 2.90 bits per heavy atom. The number of amidine groups is 1. The average Bonchev–Trinajstić information content (AvgIpc) is 2.27. The van der Waals surface area contributed by atoms with Crippen LogP contribution in [0, 0.1) is 0 Å². The smallest absolute Gasteiger partial charge is 0.125 e. The first-order valence-corrected chi connectivity index (χ1v) is 3.23. The molecule has 0 saturated heterocycles. The van der Waals surface area contributed by atoms with Gasteiger partial charge in [0.2, 0.25) is 0 Å². The third kappa shape index (κ3) is 0.692. The van der Waals surface area contributed by atoms with Crippen molar-refractivity contribution in [1.29, 1.82) is 0 Å². The summed E-state index contributed by atoms with van der Waals surface area (Å²) in [6.07, 6.45) is 0.705. The molecule has 0 unspecified atom stereocenters. The Morgan fingerprint density at radius 2 is 2.10 bits per heavy atom. The van der Waals surface area contributed by atoms with Gasteiger partial charge in [0.25, 0.3) is 0 Å². The molecule has 0 bridgehead atoms. The Balaban J connectivity index is 2.54. The Kier molecular flexibility index (Phi) is 1.01. The minimum atomic E-state index is 0.473. The second-order valence-electron chi connectivity index (χ2n) is 2.36. The predicted molar refractivity (Wildman–Crippen MR) is 40.3 cm³/mol. The zero-order chi connectivity index (χ0) is 6.97. The van der Waals surface area contributed by atoms with Gasteiger partial charge in [0.1, 0.15) is 5.84 Å². The number of hydrogen-bond acceptors (Lipinski definition) is 1. The van der Waals surface area contributed by atoms with Crippen molar-refractivity contribution >= 4 is 11.5 Å². The number of benzene rings is 1. The van der Waals surface area contributed by atoms with E-state index in [0.717, 1.165) is 5.69 Å². The minimum Gasteiger partial charge on any atom is -0.286 e. The van der Waals surface area contributed by atoms with Gasteiger partial charge in [0, 0.05) is 6.42 Å². The standard InChI is InChI=1S/C8H7N2/c9-8-5-6-3-1-2-4-7(6)10-8/h1-4,9H,5H2. The van der Waals surface area contributed by atoms with Crippen LogP contribution in [0.1, 0.15) is 5.56 Å². The molecule has 2 nitrogen and oxygen atoms in total. The monoisotopic (exact) mass is 131 g/mol. The molecule has 49 valence electrons. The highest BCUT2D eigenvalue weighted by molar-refractivity contribution is 5.90. The summed E-state index contributed by atoms with van der Waals surface area (Å²) in [7, 11) is 0. The van der Waals surface area contributed by atoms with E-state index in [2.05, 4.69) is 4.99 Å². The lowest BCUT2D eigenvalue weighted by Gasteiger charge is -1.91. The van der Waals surface area contributed by atoms with E-state index in [4.69, 9.17) is 5.73 Å². The fourth-order valence-corrected chi connectivity index (χ4v) is 1.13. The zero-order valence-corrected chi connectivity index (χ0v) is 5.46. The fraction of sp³-hybridized carbons (Fsp3) is 0.125. The van der Waals surface area contributed by atoms with E-state index < -0.39 is 0 Å². The van der Waals surface area contributed by atoms with Gasteiger partial charge in [0.15, 0.2) is 0 Å². The van der Waals surface area contributed by atoms with E-state index in [-0.39, 0.29) is 0 Å². The van der Waals surface area contributed by atoms with Crippen LogP contribution in [0.2, 0.25) is 0 Å². The van der Waals surface area contributed by atoms with Crippen molar-refractivity contribution in [2.45, 2.75) is 6.42 Å².